The Hall–Kier alpha value is -1.51. The maximum atomic E-state index is 12.5. The topological polar surface area (TPSA) is 20.3 Å². The number of ketones is 1. The van der Waals surface area contributed by atoms with Crippen molar-refractivity contribution in [2.45, 2.75) is 20.3 Å². The van der Waals surface area contributed by atoms with E-state index in [1.54, 1.807) is 12.1 Å². The maximum absolute atomic E-state index is 12.5. The quantitative estimate of drug-likeness (QED) is 0.670. The van der Waals surface area contributed by atoms with Crippen LogP contribution in [0.15, 0.2) is 42.5 Å². The van der Waals surface area contributed by atoms with Gasteiger partial charge in [-0.25, -0.2) is 0 Å². The van der Waals surface area contributed by atoms with Gasteiger partial charge in [0.1, 0.15) is 0 Å². The van der Waals surface area contributed by atoms with E-state index in [2.05, 4.69) is 18.7 Å². The molecule has 0 saturated carbocycles. The van der Waals surface area contributed by atoms with E-state index in [0.29, 0.717) is 16.5 Å². The average molecular weight is 336 g/mol. The normalized spacial score (nSPS) is 10.5. The second kappa shape index (κ2) is 7.66. The minimum atomic E-state index is 0.0763. The molecule has 0 bridgehead atoms. The van der Waals surface area contributed by atoms with E-state index in [-0.39, 0.29) is 5.78 Å². The molecule has 0 atom stereocenters. The molecule has 0 unspecified atom stereocenters. The summed E-state index contributed by atoms with van der Waals surface area (Å²) in [6.07, 6.45) is 0.318. The molecule has 0 aliphatic rings. The lowest BCUT2D eigenvalue weighted by molar-refractivity contribution is 0.0993. The highest BCUT2D eigenvalue weighted by Gasteiger charge is 2.10. The van der Waals surface area contributed by atoms with Gasteiger partial charge < -0.3 is 4.90 Å². The second-order valence-corrected chi connectivity index (χ2v) is 5.89. The van der Waals surface area contributed by atoms with Crippen molar-refractivity contribution in [1.29, 1.82) is 0 Å². The Morgan fingerprint density at radius 2 is 1.73 bits per heavy atom. The monoisotopic (exact) mass is 335 g/mol. The average Bonchev–Trinajstić information content (AvgIpc) is 2.52. The van der Waals surface area contributed by atoms with Gasteiger partial charge >= 0.3 is 0 Å². The van der Waals surface area contributed by atoms with Crippen LogP contribution in [0.4, 0.5) is 5.69 Å². The zero-order chi connectivity index (χ0) is 16.1. The predicted molar refractivity (Wildman–Crippen MR) is 94.5 cm³/mol. The van der Waals surface area contributed by atoms with Crippen LogP contribution in [0.3, 0.4) is 0 Å². The Kier molecular flexibility index (Phi) is 5.87. The fraction of sp³-hybridized carbons (Fsp3) is 0.278. The van der Waals surface area contributed by atoms with Crippen molar-refractivity contribution in [3.63, 3.8) is 0 Å². The largest absolute Gasteiger partial charge is 0.372 e. The summed E-state index contributed by atoms with van der Waals surface area (Å²) >= 11 is 11.9. The molecule has 2 nitrogen and oxygen atoms in total. The van der Waals surface area contributed by atoms with Gasteiger partial charge in [0.2, 0.25) is 0 Å². The molecule has 0 heterocycles. The van der Waals surface area contributed by atoms with Crippen molar-refractivity contribution >= 4 is 34.7 Å². The van der Waals surface area contributed by atoms with Crippen LogP contribution in [0.5, 0.6) is 0 Å². The smallest absolute Gasteiger partial charge is 0.167 e. The minimum Gasteiger partial charge on any atom is -0.372 e. The molecule has 0 amide bonds. The van der Waals surface area contributed by atoms with Crippen LogP contribution < -0.4 is 4.90 Å². The zero-order valence-electron chi connectivity index (χ0n) is 12.8. The van der Waals surface area contributed by atoms with E-state index in [0.717, 1.165) is 29.9 Å². The standard InChI is InChI=1S/C18H19Cl2NO/c1-3-21(4-2)15-7-5-6-14(12-15)18(22)11-13-8-9-16(19)17(20)10-13/h5-10,12H,3-4,11H2,1-2H3. The highest BCUT2D eigenvalue weighted by Crippen LogP contribution is 2.24. The van der Waals surface area contributed by atoms with Crippen LogP contribution >= 0.6 is 23.2 Å². The summed E-state index contributed by atoms with van der Waals surface area (Å²) in [5.41, 5.74) is 2.66. The number of hydrogen-bond acceptors (Lipinski definition) is 2. The van der Waals surface area contributed by atoms with Gasteiger partial charge in [0.15, 0.2) is 5.78 Å². The molecule has 0 aliphatic heterocycles. The Morgan fingerprint density at radius 3 is 2.36 bits per heavy atom. The molecule has 0 aromatic heterocycles. The summed E-state index contributed by atoms with van der Waals surface area (Å²) < 4.78 is 0. The molecule has 4 heteroatoms. The van der Waals surface area contributed by atoms with Crippen LogP contribution in [0.25, 0.3) is 0 Å². The number of carbonyl (C=O) groups excluding carboxylic acids is 1. The minimum absolute atomic E-state index is 0.0763. The van der Waals surface area contributed by atoms with E-state index in [4.69, 9.17) is 23.2 Å². The summed E-state index contributed by atoms with van der Waals surface area (Å²) in [6.45, 7) is 6.04. The molecular formula is C18H19Cl2NO. The number of anilines is 1. The van der Waals surface area contributed by atoms with Gasteiger partial charge in [-0.2, -0.15) is 0 Å². The van der Waals surface area contributed by atoms with E-state index >= 15 is 0 Å². The first-order chi connectivity index (χ1) is 10.5. The summed E-state index contributed by atoms with van der Waals surface area (Å²) in [5, 5.41) is 0.977. The molecule has 0 radical (unpaired) electrons. The third-order valence-corrected chi connectivity index (χ3v) is 4.38. The van der Waals surface area contributed by atoms with E-state index in [1.807, 2.05) is 30.3 Å². The molecule has 22 heavy (non-hydrogen) atoms. The number of hydrogen-bond donors (Lipinski definition) is 0. The van der Waals surface area contributed by atoms with Gasteiger partial charge in [0.25, 0.3) is 0 Å². The van der Waals surface area contributed by atoms with Crippen LogP contribution in [0, 0.1) is 0 Å². The number of carbonyl (C=O) groups is 1. The number of Topliss-reactive ketones (excluding diaryl/α,β-unsaturated/α-hetero) is 1. The first kappa shape index (κ1) is 16.9. The Labute approximate surface area is 141 Å². The summed E-state index contributed by atoms with van der Waals surface area (Å²) in [4.78, 5) is 14.7. The molecule has 2 rings (SSSR count). The molecule has 0 aliphatic carbocycles. The molecule has 116 valence electrons. The molecule has 2 aromatic rings. The van der Waals surface area contributed by atoms with Gasteiger partial charge in [0, 0.05) is 30.8 Å². The first-order valence-corrected chi connectivity index (χ1v) is 8.12. The van der Waals surface area contributed by atoms with Crippen molar-refractivity contribution in [2.24, 2.45) is 0 Å². The molecule has 0 spiro atoms. The van der Waals surface area contributed by atoms with Crippen molar-refractivity contribution in [3.05, 3.63) is 63.6 Å². The molecule has 0 N–H and O–H groups in total. The molecule has 0 fully saturated rings. The van der Waals surface area contributed by atoms with Gasteiger partial charge in [-0.05, 0) is 43.7 Å². The Morgan fingerprint density at radius 1 is 1.00 bits per heavy atom. The van der Waals surface area contributed by atoms with Gasteiger partial charge in [0.05, 0.1) is 10.0 Å². The SMILES string of the molecule is CCN(CC)c1cccc(C(=O)Cc2ccc(Cl)c(Cl)c2)c1. The van der Waals surface area contributed by atoms with Gasteiger partial charge in [-0.15, -0.1) is 0 Å². The third kappa shape index (κ3) is 4.02. The van der Waals surface area contributed by atoms with Crippen molar-refractivity contribution < 1.29 is 4.79 Å². The van der Waals surface area contributed by atoms with Crippen LogP contribution in [0.2, 0.25) is 10.0 Å². The van der Waals surface area contributed by atoms with E-state index < -0.39 is 0 Å². The predicted octanol–water partition coefficient (Wildman–Crippen LogP) is 5.27. The fourth-order valence-electron chi connectivity index (χ4n) is 2.40. The summed E-state index contributed by atoms with van der Waals surface area (Å²) in [5.74, 6) is 0.0763. The first-order valence-electron chi connectivity index (χ1n) is 7.37. The van der Waals surface area contributed by atoms with E-state index in [9.17, 15) is 4.79 Å². The van der Waals surface area contributed by atoms with Crippen molar-refractivity contribution in [3.8, 4) is 0 Å². The van der Waals surface area contributed by atoms with Crippen LogP contribution in [0.1, 0.15) is 29.8 Å². The molecule has 0 saturated heterocycles. The fourth-order valence-corrected chi connectivity index (χ4v) is 2.72. The summed E-state index contributed by atoms with van der Waals surface area (Å²) in [6, 6.07) is 13.1. The van der Waals surface area contributed by atoms with Crippen molar-refractivity contribution in [1.82, 2.24) is 0 Å². The maximum Gasteiger partial charge on any atom is 0.167 e. The summed E-state index contributed by atoms with van der Waals surface area (Å²) in [7, 11) is 0. The van der Waals surface area contributed by atoms with E-state index in [1.165, 1.54) is 0 Å². The van der Waals surface area contributed by atoms with Crippen LogP contribution in [-0.4, -0.2) is 18.9 Å². The lowest BCUT2D eigenvalue weighted by atomic mass is 10.0. The lowest BCUT2D eigenvalue weighted by Crippen LogP contribution is -2.22. The number of rotatable bonds is 6. The molecule has 2 aromatic carbocycles. The Bertz CT molecular complexity index is 666. The number of halogens is 2. The lowest BCUT2D eigenvalue weighted by Gasteiger charge is -2.21. The Balaban J connectivity index is 2.18. The number of nitrogens with zero attached hydrogens (tertiary/aromatic N) is 1. The van der Waals surface area contributed by atoms with Crippen LogP contribution in [-0.2, 0) is 6.42 Å². The number of benzene rings is 2. The second-order valence-electron chi connectivity index (χ2n) is 5.07. The van der Waals surface area contributed by atoms with Gasteiger partial charge in [-0.1, -0.05) is 41.4 Å². The molecular weight excluding hydrogens is 317 g/mol. The van der Waals surface area contributed by atoms with Gasteiger partial charge in [-0.3, -0.25) is 4.79 Å². The van der Waals surface area contributed by atoms with Crippen molar-refractivity contribution in [2.75, 3.05) is 18.0 Å². The third-order valence-electron chi connectivity index (χ3n) is 3.65. The zero-order valence-corrected chi connectivity index (χ0v) is 14.3. The highest BCUT2D eigenvalue weighted by molar-refractivity contribution is 6.42. The highest BCUT2D eigenvalue weighted by atomic mass is 35.5.